The zero-order chi connectivity index (χ0) is 11.0. The van der Waals surface area contributed by atoms with Gasteiger partial charge in [0, 0.05) is 42.8 Å². The summed E-state index contributed by atoms with van der Waals surface area (Å²) in [5, 5.41) is 6.98. The van der Waals surface area contributed by atoms with E-state index in [1.807, 2.05) is 0 Å². The fraction of sp³-hybridized carbons (Fsp3) is 0.750. The van der Waals surface area contributed by atoms with E-state index in [9.17, 15) is 0 Å². The maximum atomic E-state index is 4.48. The van der Waals surface area contributed by atoms with Crippen molar-refractivity contribution in [1.29, 1.82) is 0 Å². The molecule has 2 aliphatic rings. The lowest BCUT2D eigenvalue weighted by Crippen LogP contribution is -2.32. The highest BCUT2D eigenvalue weighted by atomic mass is 32.1. The van der Waals surface area contributed by atoms with Crippen molar-refractivity contribution in [1.82, 2.24) is 15.2 Å². The van der Waals surface area contributed by atoms with E-state index in [1.165, 1.54) is 37.4 Å². The van der Waals surface area contributed by atoms with Gasteiger partial charge in [-0.25, -0.2) is 4.98 Å². The smallest absolute Gasteiger partial charge is 0.107 e. The number of hydrogen-bond acceptors (Lipinski definition) is 4. The zero-order valence-electron chi connectivity index (χ0n) is 9.78. The minimum Gasteiger partial charge on any atom is -0.306 e. The molecule has 1 saturated carbocycles. The van der Waals surface area contributed by atoms with Crippen molar-refractivity contribution in [2.24, 2.45) is 0 Å². The first-order valence-electron chi connectivity index (χ1n) is 6.20. The highest BCUT2D eigenvalue weighted by Crippen LogP contribution is 2.29. The molecule has 0 bridgehead atoms. The molecule has 3 nitrogen and oxygen atoms in total. The lowest BCUT2D eigenvalue weighted by atomic mass is 10.2. The van der Waals surface area contributed by atoms with Gasteiger partial charge in [-0.15, -0.1) is 11.3 Å². The van der Waals surface area contributed by atoms with Crippen LogP contribution in [-0.2, 0) is 6.54 Å². The summed E-state index contributed by atoms with van der Waals surface area (Å²) >= 11 is 1.77. The number of nitrogens with zero attached hydrogens (tertiary/aromatic N) is 2. The van der Waals surface area contributed by atoms with E-state index in [0.717, 1.165) is 18.3 Å². The first-order chi connectivity index (χ1) is 7.81. The standard InChI is InChI=1S/C12H19N3S/c1-9-8-16-12(14-9)6-13-10-4-5-15(7-10)11-2-3-11/h8,10-11,13H,2-7H2,1H3. The van der Waals surface area contributed by atoms with E-state index >= 15 is 0 Å². The molecular formula is C12H19N3S. The van der Waals surface area contributed by atoms with Crippen LogP contribution in [0.15, 0.2) is 5.38 Å². The van der Waals surface area contributed by atoms with Crippen molar-refractivity contribution in [3.05, 3.63) is 16.1 Å². The number of aromatic nitrogens is 1. The fourth-order valence-electron chi connectivity index (χ4n) is 2.44. The molecule has 1 aromatic heterocycles. The van der Waals surface area contributed by atoms with Crippen LogP contribution >= 0.6 is 11.3 Å². The molecule has 1 atom stereocenters. The molecule has 1 saturated heterocycles. The minimum absolute atomic E-state index is 0.685. The molecule has 3 rings (SSSR count). The van der Waals surface area contributed by atoms with E-state index < -0.39 is 0 Å². The summed E-state index contributed by atoms with van der Waals surface area (Å²) in [5.74, 6) is 0. The normalized spacial score (nSPS) is 26.4. The zero-order valence-corrected chi connectivity index (χ0v) is 10.6. The van der Waals surface area contributed by atoms with Crippen molar-refractivity contribution in [3.8, 4) is 0 Å². The molecule has 0 radical (unpaired) electrons. The van der Waals surface area contributed by atoms with Crippen LogP contribution in [0.2, 0.25) is 0 Å². The van der Waals surface area contributed by atoms with Gasteiger partial charge in [-0.3, -0.25) is 4.90 Å². The Kier molecular flexibility index (Phi) is 2.96. The summed E-state index contributed by atoms with van der Waals surface area (Å²) in [5.41, 5.74) is 1.15. The van der Waals surface area contributed by atoms with E-state index in [2.05, 4.69) is 27.5 Å². The molecule has 4 heteroatoms. The van der Waals surface area contributed by atoms with Gasteiger partial charge in [-0.2, -0.15) is 0 Å². The summed E-state index contributed by atoms with van der Waals surface area (Å²) in [6.07, 6.45) is 4.16. The molecule has 1 N–H and O–H groups in total. The van der Waals surface area contributed by atoms with Crippen molar-refractivity contribution < 1.29 is 0 Å². The van der Waals surface area contributed by atoms with Crippen molar-refractivity contribution in [3.63, 3.8) is 0 Å². The third kappa shape index (κ3) is 2.44. The average Bonchev–Trinajstić information content (AvgIpc) is 2.87. The van der Waals surface area contributed by atoms with Gasteiger partial charge in [-0.05, 0) is 26.2 Å². The molecule has 1 aromatic rings. The summed E-state index contributed by atoms with van der Waals surface area (Å²) in [6, 6.07) is 1.61. The van der Waals surface area contributed by atoms with Gasteiger partial charge in [-0.1, -0.05) is 0 Å². The van der Waals surface area contributed by atoms with Gasteiger partial charge >= 0.3 is 0 Å². The Morgan fingerprint density at radius 1 is 1.50 bits per heavy atom. The second-order valence-corrected chi connectivity index (χ2v) is 5.92. The molecule has 2 heterocycles. The number of likely N-dealkylation sites (tertiary alicyclic amines) is 1. The van der Waals surface area contributed by atoms with Crippen LogP contribution in [-0.4, -0.2) is 35.1 Å². The van der Waals surface area contributed by atoms with Gasteiger partial charge in [0.05, 0.1) is 0 Å². The SMILES string of the molecule is Cc1csc(CNC2CCN(C3CC3)C2)n1. The minimum atomic E-state index is 0.685. The predicted molar refractivity (Wildman–Crippen MR) is 66.7 cm³/mol. The number of thiazole rings is 1. The molecule has 0 aromatic carbocycles. The number of nitrogens with one attached hydrogen (secondary N) is 1. The fourth-order valence-corrected chi connectivity index (χ4v) is 3.16. The second-order valence-electron chi connectivity index (χ2n) is 4.98. The van der Waals surface area contributed by atoms with E-state index in [0.29, 0.717) is 6.04 Å². The number of aryl methyl sites for hydroxylation is 1. The average molecular weight is 237 g/mol. The van der Waals surface area contributed by atoms with Gasteiger partial charge < -0.3 is 5.32 Å². The summed E-state index contributed by atoms with van der Waals surface area (Å²) < 4.78 is 0. The third-order valence-corrected chi connectivity index (χ3v) is 4.46. The Bertz CT molecular complexity index is 359. The van der Waals surface area contributed by atoms with Crippen LogP contribution in [0.3, 0.4) is 0 Å². The Labute approximate surface area is 101 Å². The molecule has 1 aliphatic carbocycles. The van der Waals surface area contributed by atoms with Crippen LogP contribution in [0.5, 0.6) is 0 Å². The number of rotatable bonds is 4. The molecule has 0 amide bonds. The van der Waals surface area contributed by atoms with Gasteiger partial charge in [0.25, 0.3) is 0 Å². The second kappa shape index (κ2) is 4.43. The van der Waals surface area contributed by atoms with Gasteiger partial charge in [0.15, 0.2) is 0 Å². The lowest BCUT2D eigenvalue weighted by Gasteiger charge is -2.15. The van der Waals surface area contributed by atoms with Crippen molar-refractivity contribution in [2.45, 2.75) is 44.8 Å². The third-order valence-electron chi connectivity index (χ3n) is 3.49. The first kappa shape index (κ1) is 10.7. The molecule has 1 aliphatic heterocycles. The van der Waals surface area contributed by atoms with Crippen molar-refractivity contribution >= 4 is 11.3 Å². The molecule has 1 unspecified atom stereocenters. The Morgan fingerprint density at radius 2 is 2.38 bits per heavy atom. The van der Waals surface area contributed by atoms with Crippen LogP contribution in [0.25, 0.3) is 0 Å². The van der Waals surface area contributed by atoms with Crippen LogP contribution in [0.1, 0.15) is 30.0 Å². The summed E-state index contributed by atoms with van der Waals surface area (Å²) in [6.45, 7) is 5.54. The molecule has 16 heavy (non-hydrogen) atoms. The highest BCUT2D eigenvalue weighted by Gasteiger charge is 2.34. The topological polar surface area (TPSA) is 28.2 Å². The Hall–Kier alpha value is -0.450. The van der Waals surface area contributed by atoms with Gasteiger partial charge in [0.2, 0.25) is 0 Å². The summed E-state index contributed by atoms with van der Waals surface area (Å²) in [7, 11) is 0. The van der Waals surface area contributed by atoms with Crippen molar-refractivity contribution in [2.75, 3.05) is 13.1 Å². The maximum absolute atomic E-state index is 4.48. The lowest BCUT2D eigenvalue weighted by molar-refractivity contribution is 0.317. The van der Waals surface area contributed by atoms with E-state index in [4.69, 9.17) is 0 Å². The van der Waals surface area contributed by atoms with Crippen LogP contribution in [0, 0.1) is 6.92 Å². The summed E-state index contributed by atoms with van der Waals surface area (Å²) in [4.78, 5) is 7.12. The molecule has 0 spiro atoms. The first-order valence-corrected chi connectivity index (χ1v) is 7.07. The molecule has 88 valence electrons. The monoisotopic (exact) mass is 237 g/mol. The van der Waals surface area contributed by atoms with Crippen LogP contribution in [0.4, 0.5) is 0 Å². The Balaban J connectivity index is 1.45. The number of hydrogen-bond donors (Lipinski definition) is 1. The van der Waals surface area contributed by atoms with E-state index in [1.54, 1.807) is 11.3 Å². The quantitative estimate of drug-likeness (QED) is 0.865. The maximum Gasteiger partial charge on any atom is 0.107 e. The van der Waals surface area contributed by atoms with Gasteiger partial charge in [0.1, 0.15) is 5.01 Å². The molecular weight excluding hydrogens is 218 g/mol. The van der Waals surface area contributed by atoms with Crippen LogP contribution < -0.4 is 5.32 Å². The predicted octanol–water partition coefficient (Wildman–Crippen LogP) is 1.78. The highest BCUT2D eigenvalue weighted by molar-refractivity contribution is 7.09. The molecule has 2 fully saturated rings. The Morgan fingerprint density at radius 3 is 3.06 bits per heavy atom. The largest absolute Gasteiger partial charge is 0.306 e. The van der Waals surface area contributed by atoms with E-state index in [-0.39, 0.29) is 0 Å².